The minimum Gasteiger partial charge on any atom is -0.368 e. The molecule has 0 unspecified atom stereocenters. The number of hydrogen-bond donors (Lipinski definition) is 3. The number of carbonyl (C=O) groups excluding carboxylic acids is 2. The number of primary amides is 1. The van der Waals surface area contributed by atoms with E-state index in [1.54, 1.807) is 0 Å². The van der Waals surface area contributed by atoms with Gasteiger partial charge in [0.25, 0.3) is 0 Å². The Morgan fingerprint density at radius 3 is 2.00 bits per heavy atom. The molecule has 2 atom stereocenters. The highest BCUT2D eigenvalue weighted by atomic mass is 16.2. The van der Waals surface area contributed by atoms with Crippen molar-refractivity contribution in [2.45, 2.75) is 32.9 Å². The van der Waals surface area contributed by atoms with Crippen LogP contribution in [0.3, 0.4) is 0 Å². The summed E-state index contributed by atoms with van der Waals surface area (Å²) in [5, 5.41) is 2.42. The van der Waals surface area contributed by atoms with Crippen LogP contribution < -0.4 is 16.8 Å². The molecule has 0 fully saturated rings. The van der Waals surface area contributed by atoms with Crippen molar-refractivity contribution >= 4 is 11.8 Å². The third-order valence-electron chi connectivity index (χ3n) is 1.81. The van der Waals surface area contributed by atoms with Crippen molar-refractivity contribution in [2.75, 3.05) is 0 Å². The molecule has 5 N–H and O–H groups in total. The van der Waals surface area contributed by atoms with Crippen molar-refractivity contribution in [3.05, 3.63) is 0 Å². The average Bonchev–Trinajstić information content (AvgIpc) is 2.02. The molecular weight excluding hydrogens is 170 g/mol. The molecule has 0 bridgehead atoms. The van der Waals surface area contributed by atoms with Crippen LogP contribution in [0.15, 0.2) is 0 Å². The Morgan fingerprint density at radius 1 is 1.23 bits per heavy atom. The molecule has 0 aromatic carbocycles. The summed E-state index contributed by atoms with van der Waals surface area (Å²) in [7, 11) is 0. The van der Waals surface area contributed by atoms with Crippen LogP contribution in [0.25, 0.3) is 0 Å². The second kappa shape index (κ2) is 4.81. The molecule has 5 nitrogen and oxygen atoms in total. The molecule has 0 spiro atoms. The maximum atomic E-state index is 11.3. The molecule has 5 heteroatoms. The van der Waals surface area contributed by atoms with Gasteiger partial charge in [0, 0.05) is 0 Å². The summed E-state index contributed by atoms with van der Waals surface area (Å²) in [5.41, 5.74) is 10.5. The fourth-order valence-corrected chi connectivity index (χ4v) is 0.683. The standard InChI is InChI=1S/C8H17N3O2/c1-4(2)6(9)8(13)11-5(3)7(10)12/h4-6H,9H2,1-3H3,(H2,10,12)(H,11,13)/t5-,6-/m0/s1. The Labute approximate surface area is 77.8 Å². The van der Waals surface area contributed by atoms with Gasteiger partial charge in [0.05, 0.1) is 6.04 Å². The molecule has 2 amide bonds. The molecule has 0 saturated heterocycles. The van der Waals surface area contributed by atoms with Crippen LogP contribution in [-0.2, 0) is 9.59 Å². The Bertz CT molecular complexity index is 204. The van der Waals surface area contributed by atoms with Crippen LogP contribution in [0.1, 0.15) is 20.8 Å². The molecule has 13 heavy (non-hydrogen) atoms. The Morgan fingerprint density at radius 2 is 1.69 bits per heavy atom. The normalized spacial score (nSPS) is 15.2. The highest BCUT2D eigenvalue weighted by Gasteiger charge is 2.20. The molecule has 0 aromatic rings. The van der Waals surface area contributed by atoms with E-state index in [2.05, 4.69) is 5.32 Å². The molecule has 0 aliphatic rings. The van der Waals surface area contributed by atoms with Gasteiger partial charge in [-0.2, -0.15) is 0 Å². The number of amides is 2. The van der Waals surface area contributed by atoms with Crippen LogP contribution in [0.2, 0.25) is 0 Å². The van der Waals surface area contributed by atoms with Crippen LogP contribution in [0, 0.1) is 5.92 Å². The van der Waals surface area contributed by atoms with Crippen LogP contribution in [0.5, 0.6) is 0 Å². The summed E-state index contributed by atoms with van der Waals surface area (Å²) in [6, 6.07) is -1.26. The van der Waals surface area contributed by atoms with E-state index in [0.717, 1.165) is 0 Å². The van der Waals surface area contributed by atoms with Crippen LogP contribution in [0.4, 0.5) is 0 Å². The minimum atomic E-state index is -0.669. The molecule has 0 heterocycles. The zero-order valence-corrected chi connectivity index (χ0v) is 8.20. The summed E-state index contributed by atoms with van der Waals surface area (Å²) in [6.07, 6.45) is 0. The number of nitrogens with one attached hydrogen (secondary N) is 1. The predicted octanol–water partition coefficient (Wildman–Crippen LogP) is -1.04. The third kappa shape index (κ3) is 3.89. The SMILES string of the molecule is CC(C)[C@H](N)C(=O)N[C@@H](C)C(N)=O. The zero-order chi connectivity index (χ0) is 10.6. The van der Waals surface area contributed by atoms with E-state index < -0.39 is 18.0 Å². The lowest BCUT2D eigenvalue weighted by molar-refractivity contribution is -0.128. The first-order valence-corrected chi connectivity index (χ1v) is 4.21. The van der Waals surface area contributed by atoms with E-state index in [-0.39, 0.29) is 11.8 Å². The molecule has 76 valence electrons. The van der Waals surface area contributed by atoms with Gasteiger partial charge in [-0.05, 0) is 12.8 Å². The van der Waals surface area contributed by atoms with Crippen molar-refractivity contribution < 1.29 is 9.59 Å². The summed E-state index contributed by atoms with van der Waals surface area (Å²) in [6.45, 7) is 5.19. The largest absolute Gasteiger partial charge is 0.368 e. The fraction of sp³-hybridized carbons (Fsp3) is 0.750. The molecular formula is C8H17N3O2. The third-order valence-corrected chi connectivity index (χ3v) is 1.81. The summed E-state index contributed by atoms with van der Waals surface area (Å²) in [5.74, 6) is -0.870. The Hall–Kier alpha value is -1.10. The second-order valence-electron chi connectivity index (χ2n) is 3.40. The highest BCUT2D eigenvalue weighted by Crippen LogP contribution is 1.98. The van der Waals surface area contributed by atoms with E-state index in [9.17, 15) is 9.59 Å². The smallest absolute Gasteiger partial charge is 0.239 e. The Kier molecular flexibility index (Phi) is 4.40. The first-order valence-electron chi connectivity index (χ1n) is 4.21. The average molecular weight is 187 g/mol. The number of carbonyl (C=O) groups is 2. The molecule has 0 saturated carbocycles. The second-order valence-corrected chi connectivity index (χ2v) is 3.40. The fourth-order valence-electron chi connectivity index (χ4n) is 0.683. The molecule has 0 aliphatic carbocycles. The predicted molar refractivity (Wildman–Crippen MR) is 49.6 cm³/mol. The molecule has 0 radical (unpaired) electrons. The molecule has 0 aromatic heterocycles. The van der Waals surface area contributed by atoms with Gasteiger partial charge in [-0.15, -0.1) is 0 Å². The van der Waals surface area contributed by atoms with Crippen molar-refractivity contribution in [3.8, 4) is 0 Å². The van der Waals surface area contributed by atoms with E-state index >= 15 is 0 Å². The number of rotatable bonds is 4. The van der Waals surface area contributed by atoms with E-state index in [4.69, 9.17) is 11.5 Å². The van der Waals surface area contributed by atoms with Gasteiger partial charge in [0.15, 0.2) is 0 Å². The summed E-state index contributed by atoms with van der Waals surface area (Å²) >= 11 is 0. The zero-order valence-electron chi connectivity index (χ0n) is 8.20. The van der Waals surface area contributed by atoms with Gasteiger partial charge in [-0.1, -0.05) is 13.8 Å². The highest BCUT2D eigenvalue weighted by molar-refractivity contribution is 5.88. The van der Waals surface area contributed by atoms with Gasteiger partial charge in [-0.25, -0.2) is 0 Å². The maximum Gasteiger partial charge on any atom is 0.239 e. The number of hydrogen-bond acceptors (Lipinski definition) is 3. The maximum absolute atomic E-state index is 11.3. The van der Waals surface area contributed by atoms with E-state index in [1.165, 1.54) is 6.92 Å². The summed E-state index contributed by atoms with van der Waals surface area (Å²) < 4.78 is 0. The van der Waals surface area contributed by atoms with Gasteiger partial charge < -0.3 is 16.8 Å². The first-order chi connectivity index (χ1) is 5.86. The topological polar surface area (TPSA) is 98.2 Å². The van der Waals surface area contributed by atoms with Crippen molar-refractivity contribution in [3.63, 3.8) is 0 Å². The van der Waals surface area contributed by atoms with Gasteiger partial charge in [0.1, 0.15) is 6.04 Å². The van der Waals surface area contributed by atoms with Crippen LogP contribution >= 0.6 is 0 Å². The van der Waals surface area contributed by atoms with Crippen molar-refractivity contribution in [1.82, 2.24) is 5.32 Å². The molecule has 0 aliphatic heterocycles. The minimum absolute atomic E-state index is 0.0417. The van der Waals surface area contributed by atoms with E-state index in [0.29, 0.717) is 0 Å². The lowest BCUT2D eigenvalue weighted by Crippen LogP contribution is -2.50. The van der Waals surface area contributed by atoms with E-state index in [1.807, 2.05) is 13.8 Å². The lowest BCUT2D eigenvalue weighted by atomic mass is 10.0. The lowest BCUT2D eigenvalue weighted by Gasteiger charge is -2.17. The monoisotopic (exact) mass is 187 g/mol. The molecule has 0 rings (SSSR count). The van der Waals surface area contributed by atoms with Gasteiger partial charge >= 0.3 is 0 Å². The van der Waals surface area contributed by atoms with Crippen molar-refractivity contribution in [1.29, 1.82) is 0 Å². The number of nitrogens with two attached hydrogens (primary N) is 2. The Balaban J connectivity index is 4.08. The summed E-state index contributed by atoms with van der Waals surface area (Å²) in [4.78, 5) is 21.8. The van der Waals surface area contributed by atoms with Crippen molar-refractivity contribution in [2.24, 2.45) is 17.4 Å². The van der Waals surface area contributed by atoms with Gasteiger partial charge in [-0.3, -0.25) is 9.59 Å². The first kappa shape index (κ1) is 11.9. The van der Waals surface area contributed by atoms with Crippen LogP contribution in [-0.4, -0.2) is 23.9 Å². The van der Waals surface area contributed by atoms with Gasteiger partial charge in [0.2, 0.25) is 11.8 Å². The quantitative estimate of drug-likeness (QED) is 0.524.